The molecule has 9 nitrogen and oxygen atoms in total. The van der Waals surface area contributed by atoms with Crippen LogP contribution in [0.5, 0.6) is 0 Å². The number of nitrogens with zero attached hydrogens (tertiary/aromatic N) is 4. The third kappa shape index (κ3) is 4.26. The molecule has 0 bridgehead atoms. The van der Waals surface area contributed by atoms with E-state index in [1.165, 1.54) is 30.6 Å². The van der Waals surface area contributed by atoms with Gasteiger partial charge in [-0.2, -0.15) is 28.2 Å². The molecule has 0 aliphatic carbocycles. The van der Waals surface area contributed by atoms with Gasteiger partial charge in [-0.3, -0.25) is 9.69 Å². The molecule has 0 saturated carbocycles. The third-order valence-corrected chi connectivity index (χ3v) is 7.27. The molecule has 15 heteroatoms. The molecule has 2 aliphatic rings. The van der Waals surface area contributed by atoms with Crippen LogP contribution in [0.1, 0.15) is 33.1 Å². The minimum Gasteiger partial charge on any atom is -0.375 e. The largest absolute Gasteiger partial charge is 0.423 e. The number of fused-ring (bicyclic) bond motifs is 2. The number of carbonyl (C=O) groups excluding carboxylic acids is 2. The highest BCUT2D eigenvalue weighted by atomic mass is 35.5. The van der Waals surface area contributed by atoms with Crippen LogP contribution >= 0.6 is 11.6 Å². The fourth-order valence-corrected chi connectivity index (χ4v) is 5.26. The van der Waals surface area contributed by atoms with Crippen molar-refractivity contribution in [2.24, 2.45) is 0 Å². The number of carbonyl (C=O) groups is 2. The maximum Gasteiger partial charge on any atom is 0.423 e. The fourth-order valence-electron chi connectivity index (χ4n) is 5.04. The predicted octanol–water partition coefficient (Wildman–Crippen LogP) is 4.83. The van der Waals surface area contributed by atoms with E-state index in [2.05, 4.69) is 20.8 Å². The lowest BCUT2D eigenvalue weighted by atomic mass is 9.95. The Bertz CT molecular complexity index is 1730. The van der Waals surface area contributed by atoms with Gasteiger partial charge in [0.1, 0.15) is 11.6 Å². The fraction of sp³-hybridized carbons (Fsp3) is 0.154. The molecule has 3 amide bonds. The number of aromatic nitrogens is 3. The van der Waals surface area contributed by atoms with Crippen molar-refractivity contribution in [3.8, 4) is 5.69 Å². The Labute approximate surface area is 232 Å². The molecule has 0 unspecified atom stereocenters. The zero-order valence-corrected chi connectivity index (χ0v) is 21.1. The van der Waals surface area contributed by atoms with Crippen molar-refractivity contribution < 1.29 is 36.6 Å². The van der Waals surface area contributed by atoms with Crippen LogP contribution in [0.25, 0.3) is 5.69 Å². The molecule has 3 N–H and O–H groups in total. The zero-order chi connectivity index (χ0) is 29.3. The average molecular weight is 591 g/mol. The smallest absolute Gasteiger partial charge is 0.375 e. The van der Waals surface area contributed by atoms with E-state index in [4.69, 9.17) is 11.6 Å². The van der Waals surface area contributed by atoms with Crippen molar-refractivity contribution in [3.63, 3.8) is 0 Å². The van der Waals surface area contributed by atoms with E-state index in [-0.39, 0.29) is 38.8 Å². The van der Waals surface area contributed by atoms with Crippen LogP contribution < -0.4 is 15.5 Å². The molecule has 210 valence electrons. The van der Waals surface area contributed by atoms with Crippen molar-refractivity contribution in [1.29, 1.82) is 0 Å². The molecule has 3 heterocycles. The van der Waals surface area contributed by atoms with Gasteiger partial charge in [0.15, 0.2) is 0 Å². The first-order chi connectivity index (χ1) is 19.4. The lowest BCUT2D eigenvalue weighted by Gasteiger charge is -2.27. The van der Waals surface area contributed by atoms with Crippen molar-refractivity contribution in [3.05, 3.63) is 99.8 Å². The Balaban J connectivity index is 1.47. The lowest BCUT2D eigenvalue weighted by Crippen LogP contribution is -2.48. The van der Waals surface area contributed by atoms with Gasteiger partial charge >= 0.3 is 12.2 Å². The minimum absolute atomic E-state index is 0.0381. The predicted molar refractivity (Wildman–Crippen MR) is 135 cm³/mol. The molecule has 1 aromatic heterocycles. The molecule has 2 atom stereocenters. The van der Waals surface area contributed by atoms with Crippen LogP contribution in [0.4, 0.5) is 38.1 Å². The van der Waals surface area contributed by atoms with Crippen LogP contribution in [0.3, 0.4) is 0 Å². The molecule has 6 rings (SSSR count). The Kier molecular flexibility index (Phi) is 6.01. The van der Waals surface area contributed by atoms with Crippen LogP contribution in [0.15, 0.2) is 60.9 Å². The van der Waals surface area contributed by atoms with E-state index in [0.717, 1.165) is 29.1 Å². The molecule has 0 saturated heterocycles. The molecule has 0 radical (unpaired) electrons. The normalized spacial score (nSPS) is 19.6. The maximum absolute atomic E-state index is 14.2. The van der Waals surface area contributed by atoms with Crippen LogP contribution in [0.2, 0.25) is 5.02 Å². The van der Waals surface area contributed by atoms with Crippen molar-refractivity contribution in [1.82, 2.24) is 20.3 Å². The topological polar surface area (TPSA) is 112 Å². The van der Waals surface area contributed by atoms with E-state index >= 15 is 0 Å². The average Bonchev–Trinajstić information content (AvgIpc) is 3.63. The second-order valence-corrected chi connectivity index (χ2v) is 9.79. The monoisotopic (exact) mass is 590 g/mol. The van der Waals surface area contributed by atoms with Crippen LogP contribution in [0, 0.1) is 11.6 Å². The van der Waals surface area contributed by atoms with E-state index < -0.39 is 53.5 Å². The highest BCUT2D eigenvalue weighted by Crippen LogP contribution is 2.49. The first-order valence-electron chi connectivity index (χ1n) is 11.9. The minimum atomic E-state index is -5.24. The summed E-state index contributed by atoms with van der Waals surface area (Å²) < 4.78 is 69.9. The Hall–Kier alpha value is -4.56. The molecular weight excluding hydrogens is 575 g/mol. The Morgan fingerprint density at radius 3 is 2.46 bits per heavy atom. The van der Waals surface area contributed by atoms with E-state index in [1.54, 1.807) is 0 Å². The number of benzene rings is 3. The number of alkyl halides is 3. The molecule has 41 heavy (non-hydrogen) atoms. The summed E-state index contributed by atoms with van der Waals surface area (Å²) in [6.45, 7) is -1.26. The summed E-state index contributed by atoms with van der Waals surface area (Å²) in [5, 5.41) is 23.9. The maximum atomic E-state index is 14.2. The zero-order valence-electron chi connectivity index (χ0n) is 20.4. The Morgan fingerprint density at radius 1 is 1.07 bits per heavy atom. The summed E-state index contributed by atoms with van der Waals surface area (Å²) in [7, 11) is 0. The number of nitrogens with one attached hydrogen (secondary N) is 2. The van der Waals surface area contributed by atoms with Gasteiger partial charge in [0, 0.05) is 27.3 Å². The second-order valence-electron chi connectivity index (χ2n) is 9.38. The first kappa shape index (κ1) is 26.7. The van der Waals surface area contributed by atoms with Gasteiger partial charge in [0.05, 0.1) is 42.0 Å². The molecule has 3 aromatic carbocycles. The number of hydrogen-bond acceptors (Lipinski definition) is 5. The second kappa shape index (κ2) is 9.24. The van der Waals surface area contributed by atoms with Crippen LogP contribution in [-0.2, 0) is 5.60 Å². The van der Waals surface area contributed by atoms with E-state index in [1.807, 2.05) is 0 Å². The number of rotatable bonds is 3. The van der Waals surface area contributed by atoms with Gasteiger partial charge in [-0.1, -0.05) is 11.6 Å². The summed E-state index contributed by atoms with van der Waals surface area (Å²) in [6.07, 6.45) is -2.52. The van der Waals surface area contributed by atoms with E-state index in [9.17, 15) is 36.6 Å². The Morgan fingerprint density at radius 2 is 1.76 bits per heavy atom. The summed E-state index contributed by atoms with van der Waals surface area (Å²) in [6, 6.07) is 6.43. The van der Waals surface area contributed by atoms with Crippen molar-refractivity contribution >= 4 is 34.9 Å². The summed E-state index contributed by atoms with van der Waals surface area (Å²) in [4.78, 5) is 28.3. The van der Waals surface area contributed by atoms with Gasteiger partial charge < -0.3 is 15.7 Å². The summed E-state index contributed by atoms with van der Waals surface area (Å²) in [5.74, 6) is -2.30. The van der Waals surface area contributed by atoms with Gasteiger partial charge in [-0.15, -0.1) is 0 Å². The summed E-state index contributed by atoms with van der Waals surface area (Å²) >= 11 is 6.31. The number of urea groups is 1. The van der Waals surface area contributed by atoms with E-state index in [0.29, 0.717) is 11.0 Å². The number of aliphatic hydroxyl groups is 1. The highest BCUT2D eigenvalue weighted by molar-refractivity contribution is 6.31. The van der Waals surface area contributed by atoms with Gasteiger partial charge in [-0.25, -0.2) is 13.6 Å². The summed E-state index contributed by atoms with van der Waals surface area (Å²) in [5.41, 5.74) is -4.25. The lowest BCUT2D eigenvalue weighted by molar-refractivity contribution is -0.258. The first-order valence-corrected chi connectivity index (χ1v) is 12.2. The number of amides is 3. The standard InChI is InChI=1S/C26H16ClF5N6O3/c27-18-3-1-12(28)7-15(18)22-21-16(23(39)36-22)9-14(38-33-5-6-34-38)10-19(21)35-24(40)37-11-25(41,26(30,31)32)17-8-13(29)2-4-20(17)37/h1-10,22,41H,11H2,(H,35,40)(H,36,39)/t22-,25+/m0/s1. The molecule has 0 fully saturated rings. The SMILES string of the molecule is O=C1N[C@@H](c2cc(F)ccc2Cl)c2c(NC(=O)N3C[C@](O)(C(F)(F)F)c4cc(F)ccc43)cc(-n3nccn3)cc21. The number of anilines is 2. The number of halogens is 6. The van der Waals surface area contributed by atoms with Gasteiger partial charge in [0.2, 0.25) is 5.60 Å². The van der Waals surface area contributed by atoms with Gasteiger partial charge in [-0.05, 0) is 48.5 Å². The van der Waals surface area contributed by atoms with Crippen molar-refractivity contribution in [2.75, 3.05) is 16.8 Å². The van der Waals surface area contributed by atoms with Gasteiger partial charge in [0.25, 0.3) is 5.91 Å². The molecule has 2 aliphatic heterocycles. The quantitative estimate of drug-likeness (QED) is 0.296. The number of β-amino-alcohol motifs (C(OH)–C–C–N with tert-alkyl or cyclic N) is 1. The number of hydrogen-bond donors (Lipinski definition) is 3. The molecule has 4 aromatic rings. The molecular formula is C26H16ClF5N6O3. The molecule has 0 spiro atoms. The van der Waals surface area contributed by atoms with Crippen molar-refractivity contribution in [2.45, 2.75) is 17.8 Å². The van der Waals surface area contributed by atoms with Crippen LogP contribution in [-0.4, -0.2) is 44.8 Å². The third-order valence-electron chi connectivity index (χ3n) is 6.93. The highest BCUT2D eigenvalue weighted by Gasteiger charge is 2.61.